The van der Waals surface area contributed by atoms with Gasteiger partial charge in [-0.05, 0) is 79.7 Å². The van der Waals surface area contributed by atoms with Crippen LogP contribution < -0.4 is 20.7 Å². The molecule has 0 saturated carbocycles. The first-order valence-corrected chi connectivity index (χ1v) is 19.6. The van der Waals surface area contributed by atoms with E-state index in [0.29, 0.717) is 17.1 Å². The van der Waals surface area contributed by atoms with E-state index in [0.717, 1.165) is 49.0 Å². The summed E-state index contributed by atoms with van der Waals surface area (Å²) in [5.41, 5.74) is 0.929. The Bertz CT molecular complexity index is 2840. The van der Waals surface area contributed by atoms with Gasteiger partial charge in [0.15, 0.2) is 5.78 Å². The number of aliphatic hydroxyl groups is 1. The number of carbonyl (C=O) groups excluding carboxylic acids is 1. The lowest BCUT2D eigenvalue weighted by Gasteiger charge is -2.37. The molecule has 0 unspecified atom stereocenters. The third-order valence-electron chi connectivity index (χ3n) is 11.6. The molecule has 1 saturated heterocycles. The zero-order valence-electron chi connectivity index (χ0n) is 32.6. The average Bonchev–Trinajstić information content (AvgIpc) is 3.65. The molecule has 1 aromatic heterocycles. The first kappa shape index (κ1) is 38.0. The van der Waals surface area contributed by atoms with Crippen LogP contribution >= 0.6 is 0 Å². The number of hydrogen-bond acceptors (Lipinski definition) is 8. The van der Waals surface area contributed by atoms with Crippen molar-refractivity contribution in [2.45, 2.75) is 43.3 Å². The van der Waals surface area contributed by atoms with Gasteiger partial charge in [-0.1, -0.05) is 109 Å². The topological polar surface area (TPSA) is 129 Å². The SMILES string of the molecule is COc1ccc(C(OC[C@H]2O[C@@H](n3cc(CCC(=O)c4ccc5ccc6cccc7ccc4c5c67)c(=O)[nH]c3=O)C[C@@H]2O)(c2ccccc2)c2ccc(OC)cc2)cc1. The number of nitrogens with zero attached hydrogens (tertiary/aromatic N) is 1. The van der Waals surface area contributed by atoms with Gasteiger partial charge < -0.3 is 24.1 Å². The van der Waals surface area contributed by atoms with Crippen LogP contribution in [0.15, 0.2) is 149 Å². The number of methoxy groups -OCH3 is 2. The summed E-state index contributed by atoms with van der Waals surface area (Å²) in [5, 5.41) is 17.7. The second-order valence-electron chi connectivity index (χ2n) is 15.0. The van der Waals surface area contributed by atoms with E-state index in [4.69, 9.17) is 18.9 Å². The summed E-state index contributed by atoms with van der Waals surface area (Å²) in [7, 11) is 3.22. The maximum Gasteiger partial charge on any atom is 0.330 e. The Balaban J connectivity index is 0.972. The lowest BCUT2D eigenvalue weighted by atomic mass is 9.80. The van der Waals surface area contributed by atoms with Crippen molar-refractivity contribution in [2.75, 3.05) is 20.8 Å². The van der Waals surface area contributed by atoms with Crippen molar-refractivity contribution in [2.24, 2.45) is 0 Å². The maximum atomic E-state index is 13.8. The minimum absolute atomic E-state index is 0.0498. The Morgan fingerprint density at radius 1 is 0.746 bits per heavy atom. The fourth-order valence-electron chi connectivity index (χ4n) is 8.60. The molecule has 1 aliphatic heterocycles. The molecular weight excluding hydrogens is 745 g/mol. The molecule has 2 heterocycles. The number of hydrogen-bond donors (Lipinski definition) is 2. The number of aliphatic hydroxyl groups excluding tert-OH is 1. The van der Waals surface area contributed by atoms with Gasteiger partial charge in [0.2, 0.25) is 0 Å². The van der Waals surface area contributed by atoms with Gasteiger partial charge in [-0.2, -0.15) is 0 Å². The minimum atomic E-state index is -1.15. The molecule has 7 aromatic carbocycles. The second kappa shape index (κ2) is 15.6. The summed E-state index contributed by atoms with van der Waals surface area (Å²) in [4.78, 5) is 42.6. The Labute approximate surface area is 339 Å². The quantitative estimate of drug-likeness (QED) is 0.0686. The van der Waals surface area contributed by atoms with E-state index in [9.17, 15) is 19.5 Å². The van der Waals surface area contributed by atoms with Crippen LogP contribution in [0.4, 0.5) is 0 Å². The van der Waals surface area contributed by atoms with Crippen molar-refractivity contribution >= 4 is 38.1 Å². The Morgan fingerprint density at radius 2 is 1.34 bits per heavy atom. The Kier molecular flexibility index (Phi) is 10.1. The predicted molar refractivity (Wildman–Crippen MR) is 227 cm³/mol. The number of aromatic nitrogens is 2. The Hall–Kier alpha value is -6.59. The summed E-state index contributed by atoms with van der Waals surface area (Å²) in [5.74, 6) is 1.26. The summed E-state index contributed by atoms with van der Waals surface area (Å²) in [6.45, 7) is -0.0522. The first-order valence-electron chi connectivity index (χ1n) is 19.6. The third-order valence-corrected chi connectivity index (χ3v) is 11.6. The van der Waals surface area contributed by atoms with Crippen molar-refractivity contribution in [3.63, 3.8) is 0 Å². The molecule has 2 N–H and O–H groups in total. The van der Waals surface area contributed by atoms with Crippen LogP contribution in [0.1, 0.15) is 51.7 Å². The van der Waals surface area contributed by atoms with E-state index in [-0.39, 0.29) is 37.2 Å². The molecule has 0 aliphatic carbocycles. The highest BCUT2D eigenvalue weighted by molar-refractivity contribution is 6.26. The van der Waals surface area contributed by atoms with Gasteiger partial charge in [0.1, 0.15) is 29.4 Å². The van der Waals surface area contributed by atoms with Crippen LogP contribution in [-0.2, 0) is 21.5 Å². The highest BCUT2D eigenvalue weighted by atomic mass is 16.6. The lowest BCUT2D eigenvalue weighted by molar-refractivity contribution is -0.0944. The van der Waals surface area contributed by atoms with Gasteiger partial charge in [0, 0.05) is 30.2 Å². The van der Waals surface area contributed by atoms with Crippen LogP contribution in [0.5, 0.6) is 11.5 Å². The van der Waals surface area contributed by atoms with E-state index in [1.807, 2.05) is 109 Å². The number of rotatable bonds is 13. The van der Waals surface area contributed by atoms with Crippen LogP contribution in [0.25, 0.3) is 32.3 Å². The minimum Gasteiger partial charge on any atom is -0.497 e. The number of H-pyrrole nitrogens is 1. The number of nitrogens with one attached hydrogen (secondary N) is 1. The number of aryl methyl sites for hydroxylation is 1. The third kappa shape index (κ3) is 6.85. The normalized spacial score (nSPS) is 16.9. The van der Waals surface area contributed by atoms with E-state index in [2.05, 4.69) is 29.2 Å². The van der Waals surface area contributed by atoms with Gasteiger partial charge in [0.25, 0.3) is 5.56 Å². The molecule has 1 fully saturated rings. The molecule has 8 aromatic rings. The van der Waals surface area contributed by atoms with Crippen LogP contribution in [0.2, 0.25) is 0 Å². The first-order chi connectivity index (χ1) is 28.8. The molecule has 9 rings (SSSR count). The number of aromatic amines is 1. The number of ketones is 1. The maximum absolute atomic E-state index is 13.8. The standard InChI is InChI=1S/C49H42N2O8/c1-56-37-20-16-35(17-21-37)49(34-9-4-3-5-10-34,36-18-22-38(57-2)23-19-36)58-29-43-42(53)27-44(59-43)51-28-33(47(54)50-48(51)55)15-26-41(52)39-24-13-32-12-11-30-7-6-8-31-14-25-40(39)46(32)45(30)31/h3-14,16-25,28,42-44,53H,15,26-27,29H2,1-2H3,(H,50,54,55)/t42-,43+,44+/m0/s1. The van der Waals surface area contributed by atoms with Gasteiger partial charge in [-0.15, -0.1) is 0 Å². The lowest BCUT2D eigenvalue weighted by Crippen LogP contribution is -2.38. The van der Waals surface area contributed by atoms with E-state index in [1.165, 1.54) is 10.8 Å². The van der Waals surface area contributed by atoms with Crippen LogP contribution in [-0.4, -0.2) is 53.5 Å². The second-order valence-corrected chi connectivity index (χ2v) is 15.0. The van der Waals surface area contributed by atoms with Crippen molar-refractivity contribution in [3.05, 3.63) is 188 Å². The summed E-state index contributed by atoms with van der Waals surface area (Å²) in [6.07, 6.45) is -1.07. The van der Waals surface area contributed by atoms with Gasteiger partial charge >= 0.3 is 5.69 Å². The summed E-state index contributed by atoms with van der Waals surface area (Å²) < 4.78 is 25.6. The molecule has 0 radical (unpaired) electrons. The highest BCUT2D eigenvalue weighted by Gasteiger charge is 2.42. The van der Waals surface area contributed by atoms with Crippen molar-refractivity contribution in [1.82, 2.24) is 9.55 Å². The van der Waals surface area contributed by atoms with Gasteiger partial charge in [-0.3, -0.25) is 19.1 Å². The molecule has 59 heavy (non-hydrogen) atoms. The van der Waals surface area contributed by atoms with E-state index in [1.54, 1.807) is 14.2 Å². The zero-order chi connectivity index (χ0) is 40.7. The molecule has 0 amide bonds. The predicted octanol–water partition coefficient (Wildman–Crippen LogP) is 7.92. The van der Waals surface area contributed by atoms with Crippen molar-refractivity contribution in [1.29, 1.82) is 0 Å². The highest BCUT2D eigenvalue weighted by Crippen LogP contribution is 2.43. The van der Waals surface area contributed by atoms with Crippen molar-refractivity contribution in [3.8, 4) is 11.5 Å². The Morgan fingerprint density at radius 3 is 1.98 bits per heavy atom. The van der Waals surface area contributed by atoms with E-state index >= 15 is 0 Å². The molecule has 0 spiro atoms. The number of carbonyl (C=O) groups is 1. The monoisotopic (exact) mass is 786 g/mol. The number of Topliss-reactive ketones (excluding diaryl/α,β-unsaturated/α-hetero) is 1. The largest absolute Gasteiger partial charge is 0.497 e. The average molecular weight is 787 g/mol. The molecule has 1 aliphatic rings. The van der Waals surface area contributed by atoms with Crippen molar-refractivity contribution < 1.29 is 28.8 Å². The van der Waals surface area contributed by atoms with Crippen LogP contribution in [0.3, 0.4) is 0 Å². The fraction of sp³-hybridized carbons (Fsp3) is 0.204. The molecule has 296 valence electrons. The summed E-state index contributed by atoms with van der Waals surface area (Å²) in [6, 6.07) is 43.2. The number of ether oxygens (including phenoxy) is 4. The molecule has 10 heteroatoms. The van der Waals surface area contributed by atoms with E-state index < -0.39 is 35.3 Å². The summed E-state index contributed by atoms with van der Waals surface area (Å²) >= 11 is 0. The number of benzene rings is 7. The van der Waals surface area contributed by atoms with Gasteiger partial charge in [-0.25, -0.2) is 4.79 Å². The smallest absolute Gasteiger partial charge is 0.330 e. The van der Waals surface area contributed by atoms with Crippen LogP contribution in [0, 0.1) is 0 Å². The molecule has 10 nitrogen and oxygen atoms in total. The zero-order valence-corrected chi connectivity index (χ0v) is 32.6. The fourth-order valence-corrected chi connectivity index (χ4v) is 8.60. The molecule has 3 atom stereocenters. The molecule has 0 bridgehead atoms. The van der Waals surface area contributed by atoms with Gasteiger partial charge in [0.05, 0.1) is 26.9 Å². The molecular formula is C49H42N2O8.